The Morgan fingerprint density at radius 3 is 2.87 bits per heavy atom. The maximum Gasteiger partial charge on any atom is 0.262 e. The zero-order valence-electron chi connectivity index (χ0n) is 12.2. The summed E-state index contributed by atoms with van der Waals surface area (Å²) in [6, 6.07) is 13.5. The van der Waals surface area contributed by atoms with Crippen LogP contribution in [0.15, 0.2) is 69.4 Å². The number of nitrogens with one attached hydrogen (secondary N) is 1. The molecule has 2 aromatic carbocycles. The van der Waals surface area contributed by atoms with Gasteiger partial charge in [0.25, 0.3) is 5.91 Å². The van der Waals surface area contributed by atoms with Crippen LogP contribution in [-0.2, 0) is 4.79 Å². The molecule has 2 aromatic rings. The fourth-order valence-electron chi connectivity index (χ4n) is 2.13. The number of para-hydroxylation sites is 1. The first-order valence-corrected chi connectivity index (χ1v) is 8.61. The number of thioether (sulfide) groups is 1. The van der Waals surface area contributed by atoms with Crippen LogP contribution in [-0.4, -0.2) is 12.5 Å². The highest BCUT2D eigenvalue weighted by Crippen LogP contribution is 2.39. The lowest BCUT2D eigenvalue weighted by atomic mass is 10.2. The van der Waals surface area contributed by atoms with Gasteiger partial charge in [-0.2, -0.15) is 0 Å². The highest BCUT2D eigenvalue weighted by Gasteiger charge is 2.20. The standard InChI is InChI=1S/C18H14BrNO2S/c1-2-9-22-15-8-7-12(10-13(15)19)11-17-18(21)20-14-5-3-4-6-16(14)23-17/h2-8,10-11H,1,9H2,(H,20,21)/b17-11-. The molecule has 3 nitrogen and oxygen atoms in total. The van der Waals surface area contributed by atoms with Gasteiger partial charge >= 0.3 is 0 Å². The molecule has 0 bridgehead atoms. The first-order chi connectivity index (χ1) is 11.2. The number of carbonyl (C=O) groups excluding carboxylic acids is 1. The van der Waals surface area contributed by atoms with Crippen LogP contribution in [0.3, 0.4) is 0 Å². The molecule has 3 rings (SSSR count). The summed E-state index contributed by atoms with van der Waals surface area (Å²) < 4.78 is 6.37. The number of fused-ring (bicyclic) bond motifs is 1. The minimum Gasteiger partial charge on any atom is -0.488 e. The maximum atomic E-state index is 12.2. The van der Waals surface area contributed by atoms with Gasteiger partial charge in [0.15, 0.2) is 0 Å². The topological polar surface area (TPSA) is 38.3 Å². The molecule has 0 fully saturated rings. The maximum absolute atomic E-state index is 12.2. The number of anilines is 1. The molecule has 0 saturated carbocycles. The van der Waals surface area contributed by atoms with Crippen LogP contribution in [0.2, 0.25) is 0 Å². The third-order valence-corrected chi connectivity index (χ3v) is 4.91. The first-order valence-electron chi connectivity index (χ1n) is 7.00. The minimum atomic E-state index is -0.0863. The minimum absolute atomic E-state index is 0.0863. The third kappa shape index (κ3) is 3.68. The molecular formula is C18H14BrNO2S. The van der Waals surface area contributed by atoms with E-state index in [1.165, 1.54) is 11.8 Å². The highest BCUT2D eigenvalue weighted by molar-refractivity contribution is 9.10. The Morgan fingerprint density at radius 1 is 1.26 bits per heavy atom. The molecule has 0 radical (unpaired) electrons. The molecule has 23 heavy (non-hydrogen) atoms. The molecule has 5 heteroatoms. The van der Waals surface area contributed by atoms with Crippen molar-refractivity contribution in [2.45, 2.75) is 4.90 Å². The van der Waals surface area contributed by atoms with Crippen molar-refractivity contribution >= 4 is 45.4 Å². The van der Waals surface area contributed by atoms with E-state index in [0.717, 1.165) is 26.4 Å². The van der Waals surface area contributed by atoms with Gasteiger partial charge in [-0.05, 0) is 51.8 Å². The molecular weight excluding hydrogens is 374 g/mol. The number of ether oxygens (including phenoxy) is 1. The fourth-order valence-corrected chi connectivity index (χ4v) is 3.59. The fraction of sp³-hybridized carbons (Fsp3) is 0.0556. The highest BCUT2D eigenvalue weighted by atomic mass is 79.9. The van der Waals surface area contributed by atoms with Crippen molar-refractivity contribution in [1.82, 2.24) is 0 Å². The predicted molar refractivity (Wildman–Crippen MR) is 98.7 cm³/mol. The second kappa shape index (κ2) is 7.06. The van der Waals surface area contributed by atoms with Gasteiger partial charge in [0.2, 0.25) is 0 Å². The van der Waals surface area contributed by atoms with E-state index in [4.69, 9.17) is 4.74 Å². The summed E-state index contributed by atoms with van der Waals surface area (Å²) in [7, 11) is 0. The Morgan fingerprint density at radius 2 is 2.09 bits per heavy atom. The van der Waals surface area contributed by atoms with E-state index in [0.29, 0.717) is 11.5 Å². The summed E-state index contributed by atoms with van der Waals surface area (Å²) in [5.74, 6) is 0.662. The van der Waals surface area contributed by atoms with E-state index in [2.05, 4.69) is 27.8 Å². The molecule has 116 valence electrons. The van der Waals surface area contributed by atoms with E-state index >= 15 is 0 Å². The number of halogens is 1. The summed E-state index contributed by atoms with van der Waals surface area (Å²) in [6.45, 7) is 4.08. The second-order valence-corrected chi connectivity index (χ2v) is 6.79. The Balaban J connectivity index is 1.85. The van der Waals surface area contributed by atoms with Gasteiger partial charge in [-0.15, -0.1) is 0 Å². The Hall–Kier alpha value is -1.98. The van der Waals surface area contributed by atoms with E-state index in [9.17, 15) is 4.79 Å². The second-order valence-electron chi connectivity index (χ2n) is 4.85. The van der Waals surface area contributed by atoms with Gasteiger partial charge in [0.05, 0.1) is 15.1 Å². The number of carbonyl (C=O) groups is 1. The van der Waals surface area contributed by atoms with Crippen molar-refractivity contribution in [3.63, 3.8) is 0 Å². The molecule has 0 atom stereocenters. The van der Waals surface area contributed by atoms with Crippen LogP contribution in [0.1, 0.15) is 5.56 Å². The zero-order valence-corrected chi connectivity index (χ0v) is 14.6. The molecule has 1 aliphatic rings. The largest absolute Gasteiger partial charge is 0.488 e. The van der Waals surface area contributed by atoms with Crippen molar-refractivity contribution in [2.24, 2.45) is 0 Å². The lowest BCUT2D eigenvalue weighted by Crippen LogP contribution is -2.17. The zero-order chi connectivity index (χ0) is 16.2. The molecule has 1 aliphatic heterocycles. The molecule has 1 heterocycles. The lowest BCUT2D eigenvalue weighted by molar-refractivity contribution is -0.112. The summed E-state index contributed by atoms with van der Waals surface area (Å²) in [5.41, 5.74) is 1.79. The molecule has 0 spiro atoms. The van der Waals surface area contributed by atoms with Gasteiger partial charge in [-0.3, -0.25) is 4.79 Å². The Bertz CT molecular complexity index is 801. The van der Waals surface area contributed by atoms with Crippen molar-refractivity contribution in [3.8, 4) is 5.75 Å². The first kappa shape index (κ1) is 15.9. The van der Waals surface area contributed by atoms with Crippen LogP contribution < -0.4 is 10.1 Å². The van der Waals surface area contributed by atoms with Crippen molar-refractivity contribution in [3.05, 3.63) is 70.1 Å². The van der Waals surface area contributed by atoms with Gasteiger partial charge in [-0.25, -0.2) is 0 Å². The van der Waals surface area contributed by atoms with Crippen LogP contribution >= 0.6 is 27.7 Å². The number of benzene rings is 2. The van der Waals surface area contributed by atoms with Gasteiger partial charge in [0, 0.05) is 4.90 Å². The number of amides is 1. The summed E-state index contributed by atoms with van der Waals surface area (Å²) in [4.78, 5) is 13.9. The van der Waals surface area contributed by atoms with E-state index in [1.807, 2.05) is 48.5 Å². The molecule has 0 saturated heterocycles. The Labute approximate surface area is 147 Å². The molecule has 0 aliphatic carbocycles. The smallest absolute Gasteiger partial charge is 0.262 e. The predicted octanol–water partition coefficient (Wildman–Crippen LogP) is 5.10. The number of rotatable bonds is 4. The molecule has 0 aromatic heterocycles. The van der Waals surface area contributed by atoms with E-state index < -0.39 is 0 Å². The molecule has 0 unspecified atom stereocenters. The van der Waals surface area contributed by atoms with Crippen molar-refractivity contribution < 1.29 is 9.53 Å². The average Bonchev–Trinajstić information content (AvgIpc) is 2.55. The van der Waals surface area contributed by atoms with E-state index in [-0.39, 0.29) is 5.91 Å². The number of hydrogen-bond donors (Lipinski definition) is 1. The van der Waals surface area contributed by atoms with Crippen molar-refractivity contribution in [1.29, 1.82) is 0 Å². The Kier molecular flexibility index (Phi) is 4.88. The van der Waals surface area contributed by atoms with Crippen LogP contribution in [0.4, 0.5) is 5.69 Å². The quantitative estimate of drug-likeness (QED) is 0.585. The van der Waals surface area contributed by atoms with Crippen LogP contribution in [0, 0.1) is 0 Å². The normalized spacial score (nSPS) is 15.0. The van der Waals surface area contributed by atoms with Crippen molar-refractivity contribution in [2.75, 3.05) is 11.9 Å². The monoisotopic (exact) mass is 387 g/mol. The van der Waals surface area contributed by atoms with E-state index in [1.54, 1.807) is 6.08 Å². The number of hydrogen-bond acceptors (Lipinski definition) is 3. The summed E-state index contributed by atoms with van der Waals surface area (Å²) >= 11 is 4.96. The van der Waals surface area contributed by atoms with Gasteiger partial charge < -0.3 is 10.1 Å². The summed E-state index contributed by atoms with van der Waals surface area (Å²) in [5, 5.41) is 2.91. The average molecular weight is 388 g/mol. The SMILES string of the molecule is C=CCOc1ccc(/C=C2\Sc3ccccc3NC2=O)cc1Br. The lowest BCUT2D eigenvalue weighted by Gasteiger charge is -2.18. The molecule has 1 N–H and O–H groups in total. The molecule has 1 amide bonds. The van der Waals surface area contributed by atoms with Gasteiger partial charge in [-0.1, -0.05) is 42.6 Å². The third-order valence-electron chi connectivity index (χ3n) is 3.19. The van der Waals surface area contributed by atoms with Crippen LogP contribution in [0.25, 0.3) is 6.08 Å². The van der Waals surface area contributed by atoms with Gasteiger partial charge in [0.1, 0.15) is 12.4 Å². The van der Waals surface area contributed by atoms with Crippen LogP contribution in [0.5, 0.6) is 5.75 Å². The summed E-state index contributed by atoms with van der Waals surface area (Å²) in [6.07, 6.45) is 3.57.